The molecule has 30 heteroatoms. The number of nitrogens with zero attached hydrogens (tertiary/aromatic N) is 5. The van der Waals surface area contributed by atoms with Gasteiger partial charge in [-0.05, 0) is 242 Å². The maximum Gasteiger partial charge on any atom is 0.643 e. The van der Waals surface area contributed by atoms with Crippen molar-refractivity contribution < 1.29 is 91.3 Å². The monoisotopic (exact) mass is 2090 g/mol. The molecule has 3 amide bonds. The first kappa shape index (κ1) is 108. The summed E-state index contributed by atoms with van der Waals surface area (Å²) in [7, 11) is 25.9. The number of carbonyl (C=O) groups excluding carboxylic acids is 8. The van der Waals surface area contributed by atoms with Crippen molar-refractivity contribution in [2.45, 2.75) is 164 Å². The molecular formula is C118H123AlCl4N6O19. The number of likely N-dealkylation sites (tertiary alicyclic amines) is 2. The van der Waals surface area contributed by atoms with Gasteiger partial charge in [0.15, 0.2) is 11.4 Å². The molecule has 0 radical (unpaired) electrons. The van der Waals surface area contributed by atoms with E-state index in [9.17, 15) is 48.3 Å². The van der Waals surface area contributed by atoms with Crippen molar-refractivity contribution in [2.24, 2.45) is 0 Å². The molecule has 5 atom stereocenters. The predicted octanol–water partition coefficient (Wildman–Crippen LogP) is 21.3. The SMILES string of the molecule is C1CCOC1.CCC(=O)CC1(O)C(=O)N(C2CCN(C3Cc4cccc5ccc(OC)c3c45)CC2)c2ccccc21.COC(=O)CC1C(=O)N(C2CCN(C3Cc4cccc5ccc(OC)c3c45)CC2)c2ccccc21.COC(=O)CC1C(=O)N(C2CCNCC2)c2ccccc21.COc1ccc2cccc(CC(=O)Cl)c2c1.COc1ccc2cccc(CC(=O)O)c2c1.COc1ccc2cccc3c2c1C(=O)C3.[Cl][Al]([Cl])[Cl]. The number of carboxylic acid groups (broad SMARTS) is 1. The standard InChI is InChI=1S/C30H32N2O4.C29H30N2O4.C16H20N2O3.C13H11ClO2.C13H12O3.C13H10O2.C4H8O.Al.3ClH/c1-3-22(33)18-30(35)23-9-4-5-10-24(23)32(29(30)34)21-13-15-31(16-14-21)25-17-20-8-6-7-19-11-12-26(36-2)28(25)27(19)20;1-34-25-11-10-18-6-5-7-19-16-24(28(25)27(18)19)30-14-12-20(13-15-30)31-23-9-4-3-8-21(23)22(29(31)33)17-26(32)35-2;1-21-15(19)10-13-12-4-2-3-5-14(12)18(16(13)20)11-6-8-17-9-7-11;2*1-16-11-6-5-9-3-2-4-10(7-13(14)15)12(9)8-11;1-15-11-6-5-8-3-2-4-9-7-10(14)13(11)12(8)9;1-2-4-5-3-1;;;;/h4-12,21,25,35H,3,13-18H2,1-2H3;3-11,20,22,24H,12-17H2,1-2H3;2-5,11,13,17H,6-10H2,1H3;2-6,8H,7H2,1H3;2-6,8H,7H2,1H3,(H,14,15);2-6H,7H2,1H3;1-4H2;;3*1H/q;;;;;;;+3;;;/p-3. The summed E-state index contributed by atoms with van der Waals surface area (Å²) in [5, 5.41) is 34.7. The van der Waals surface area contributed by atoms with Gasteiger partial charge in [0.25, 0.3) is 5.91 Å². The minimum absolute atomic E-state index is 0.0119. The molecular weight excluding hydrogens is 1970 g/mol. The van der Waals surface area contributed by atoms with Crippen molar-refractivity contribution in [2.75, 3.05) is 117 Å². The van der Waals surface area contributed by atoms with E-state index in [0.29, 0.717) is 30.2 Å². The Morgan fingerprint density at radius 2 is 0.872 bits per heavy atom. The maximum absolute atomic E-state index is 13.6. The van der Waals surface area contributed by atoms with Crippen molar-refractivity contribution in [1.82, 2.24) is 15.1 Å². The number of carboxylic acids is 1. The number of para-hydroxylation sites is 3. The van der Waals surface area contributed by atoms with Gasteiger partial charge in [-0.25, -0.2) is 30.1 Å². The highest BCUT2D eigenvalue weighted by Crippen LogP contribution is 2.52. The summed E-state index contributed by atoms with van der Waals surface area (Å²) in [6.07, 6.45) is 10.9. The fourth-order valence-electron chi connectivity index (χ4n) is 22.7. The lowest BCUT2D eigenvalue weighted by Gasteiger charge is -2.40. The maximum atomic E-state index is 13.6. The fraction of sp³-hybridized carbons (Fsp3) is 0.347. The van der Waals surface area contributed by atoms with Crippen LogP contribution in [0.3, 0.4) is 0 Å². The molecule has 25 nitrogen and oxygen atoms in total. The molecule has 13 aromatic carbocycles. The number of methoxy groups -OCH3 is 7. The van der Waals surface area contributed by atoms with E-state index in [-0.39, 0.29) is 103 Å². The van der Waals surface area contributed by atoms with E-state index < -0.39 is 34.8 Å². The molecule has 3 N–H and O–H groups in total. The number of aliphatic hydroxyl groups is 1. The number of Topliss-reactive ketones (excluding diaryl/α,β-unsaturated/α-hetero) is 2. The van der Waals surface area contributed by atoms with Gasteiger partial charge in [-0.3, -0.25) is 53.0 Å². The molecule has 770 valence electrons. The van der Waals surface area contributed by atoms with E-state index in [2.05, 4.69) is 75.8 Å². The molecule has 4 fully saturated rings. The number of hydrogen-bond donors (Lipinski definition) is 3. The molecule has 7 heterocycles. The number of rotatable bonds is 21. The molecule has 5 unspecified atom stereocenters. The Labute approximate surface area is 883 Å². The number of halogens is 4. The van der Waals surface area contributed by atoms with Gasteiger partial charge >= 0.3 is 29.3 Å². The zero-order valence-corrected chi connectivity index (χ0v) is 88.6. The lowest BCUT2D eigenvalue weighted by Crippen LogP contribution is -2.50. The van der Waals surface area contributed by atoms with Crippen LogP contribution in [0.2, 0.25) is 0 Å². The van der Waals surface area contributed by atoms with Crippen LogP contribution in [-0.4, -0.2) is 204 Å². The number of nitrogens with one attached hydrogen (secondary N) is 1. The first-order valence-electron chi connectivity index (χ1n) is 50.4. The lowest BCUT2D eigenvalue weighted by molar-refractivity contribution is -0.142. The average molecular weight is 2100 g/mol. The Morgan fingerprint density at radius 3 is 1.31 bits per heavy atom. The number of carbonyl (C=O) groups is 9. The number of esters is 2. The Hall–Kier alpha value is -12.5. The number of amides is 3. The van der Waals surface area contributed by atoms with Crippen LogP contribution >= 0.6 is 41.7 Å². The highest BCUT2D eigenvalue weighted by atomic mass is 35.8. The molecule has 0 spiro atoms. The van der Waals surface area contributed by atoms with Crippen LogP contribution in [0, 0.1) is 0 Å². The summed E-state index contributed by atoms with van der Waals surface area (Å²) in [5.41, 5.74) is 12.3. The van der Waals surface area contributed by atoms with Crippen LogP contribution in [0.15, 0.2) is 237 Å². The number of hydrogen-bond acceptors (Lipinski definition) is 21. The Kier molecular flexibility index (Phi) is 36.4. The molecule has 13 aromatic rings. The van der Waals surface area contributed by atoms with E-state index in [1.807, 2.05) is 180 Å². The van der Waals surface area contributed by atoms with Gasteiger partial charge in [-0.15, -0.1) is 0 Å². The number of ketones is 2. The number of piperidine rings is 3. The minimum Gasteiger partial charge on any atom is -0.497 e. The Morgan fingerprint density at radius 1 is 0.459 bits per heavy atom. The number of ether oxygens (including phenoxy) is 8. The van der Waals surface area contributed by atoms with Crippen molar-refractivity contribution in [1.29, 1.82) is 0 Å². The molecule has 3 aliphatic carbocycles. The molecule has 0 bridgehead atoms. The van der Waals surface area contributed by atoms with Crippen LogP contribution in [-0.2, 0) is 90.3 Å². The van der Waals surface area contributed by atoms with Crippen LogP contribution in [0.1, 0.15) is 174 Å². The number of anilines is 3. The fourth-order valence-corrected chi connectivity index (χ4v) is 22.9. The molecule has 0 saturated carbocycles. The molecule has 23 rings (SSSR count). The predicted molar refractivity (Wildman–Crippen MR) is 582 cm³/mol. The number of aliphatic carboxylic acids is 1. The lowest BCUT2D eigenvalue weighted by atomic mass is 9.89. The minimum atomic E-state index is -1.77. The van der Waals surface area contributed by atoms with Crippen molar-refractivity contribution >= 4 is 176 Å². The van der Waals surface area contributed by atoms with Crippen LogP contribution in [0.5, 0.6) is 28.7 Å². The highest BCUT2D eigenvalue weighted by Gasteiger charge is 2.54. The highest BCUT2D eigenvalue weighted by molar-refractivity contribution is 7.54. The molecule has 7 aliphatic heterocycles. The zero-order chi connectivity index (χ0) is 105. The third-order valence-electron chi connectivity index (χ3n) is 29.7. The third kappa shape index (κ3) is 23.8. The quantitative estimate of drug-likeness (QED) is 0.0342. The summed E-state index contributed by atoms with van der Waals surface area (Å²) in [5.74, 6) is 1.50. The van der Waals surface area contributed by atoms with E-state index >= 15 is 0 Å². The smallest absolute Gasteiger partial charge is 0.497 e. The van der Waals surface area contributed by atoms with Gasteiger partial charge in [0, 0.05) is 123 Å². The van der Waals surface area contributed by atoms with E-state index in [1.165, 1.54) is 70.9 Å². The number of benzene rings is 13. The largest absolute Gasteiger partial charge is 0.643 e. The van der Waals surface area contributed by atoms with Crippen molar-refractivity contribution in [3.05, 3.63) is 298 Å². The van der Waals surface area contributed by atoms with Gasteiger partial charge < -0.3 is 68.1 Å². The van der Waals surface area contributed by atoms with Crippen molar-refractivity contribution in [3.8, 4) is 28.7 Å². The van der Waals surface area contributed by atoms with E-state index in [4.69, 9.17) is 84.7 Å². The second-order valence-electron chi connectivity index (χ2n) is 38.1. The van der Waals surface area contributed by atoms with Gasteiger partial charge in [0.1, 0.15) is 34.5 Å². The van der Waals surface area contributed by atoms with E-state index in [1.54, 1.807) is 53.4 Å². The summed E-state index contributed by atoms with van der Waals surface area (Å²) < 4.78 is 41.7. The van der Waals surface area contributed by atoms with Gasteiger partial charge in [-0.2, -0.15) is 0 Å². The topological polar surface area (TPSA) is 296 Å². The summed E-state index contributed by atoms with van der Waals surface area (Å²) in [6.45, 7) is 9.15. The summed E-state index contributed by atoms with van der Waals surface area (Å²) >= 11 is 3.69. The van der Waals surface area contributed by atoms with Crippen LogP contribution < -0.4 is 43.7 Å². The summed E-state index contributed by atoms with van der Waals surface area (Å²) in [4.78, 5) is 120. The normalized spacial score (nSPS) is 18.8. The van der Waals surface area contributed by atoms with Crippen LogP contribution in [0.4, 0.5) is 17.1 Å². The zero-order valence-electron chi connectivity index (χ0n) is 84.4. The van der Waals surface area contributed by atoms with Crippen LogP contribution in [0.25, 0.3) is 53.9 Å². The average Bonchev–Trinajstić information content (AvgIpc) is 1.57. The third-order valence-corrected chi connectivity index (χ3v) is 29.9. The first-order valence-corrected chi connectivity index (χ1v) is 56.0. The number of fused-ring (bicyclic) bond motifs is 5. The molecule has 10 aliphatic rings. The molecule has 4 saturated heterocycles. The Balaban J connectivity index is 0.000000129. The second kappa shape index (κ2) is 49.7. The second-order valence-corrected chi connectivity index (χ2v) is 45.0. The van der Waals surface area contributed by atoms with Crippen molar-refractivity contribution in [3.63, 3.8) is 0 Å². The first-order chi connectivity index (χ1) is 71.7. The van der Waals surface area contributed by atoms with Gasteiger partial charge in [0.2, 0.25) is 17.1 Å². The van der Waals surface area contributed by atoms with Gasteiger partial charge in [0.05, 0.1) is 92.1 Å². The Bertz CT molecular complexity index is 6980. The molecule has 0 aromatic heterocycles. The summed E-state index contributed by atoms with van der Waals surface area (Å²) in [6, 6.07) is 78.3. The van der Waals surface area contributed by atoms with Gasteiger partial charge in [-0.1, -0.05) is 183 Å². The van der Waals surface area contributed by atoms with E-state index in [0.717, 1.165) is 210 Å². The molecule has 148 heavy (non-hydrogen) atoms.